The summed E-state index contributed by atoms with van der Waals surface area (Å²) in [5.41, 5.74) is 1.47. The molecule has 0 aliphatic carbocycles. The second kappa shape index (κ2) is 6.46. The maximum absolute atomic E-state index is 12.5. The largest absolute Gasteiger partial charge is 0.337 e. The number of carbonyl (C=O) groups excluding carboxylic acids is 1. The molecule has 0 unspecified atom stereocenters. The third kappa shape index (κ3) is 3.02. The summed E-state index contributed by atoms with van der Waals surface area (Å²) in [6, 6.07) is 5.42. The van der Waals surface area contributed by atoms with Crippen LogP contribution in [0.1, 0.15) is 35.1 Å². The molecule has 128 valence electrons. The van der Waals surface area contributed by atoms with Gasteiger partial charge < -0.3 is 9.42 Å². The lowest BCUT2D eigenvalue weighted by Crippen LogP contribution is -2.38. The molecule has 1 amide bonds. The van der Waals surface area contributed by atoms with E-state index < -0.39 is 0 Å². The van der Waals surface area contributed by atoms with Gasteiger partial charge in [-0.2, -0.15) is 10.1 Å². The monoisotopic (exact) mass is 338 g/mol. The van der Waals surface area contributed by atoms with E-state index in [1.54, 1.807) is 36.4 Å². The third-order valence-corrected chi connectivity index (χ3v) is 4.56. The van der Waals surface area contributed by atoms with E-state index in [4.69, 9.17) is 4.52 Å². The fourth-order valence-electron chi connectivity index (χ4n) is 3.10. The van der Waals surface area contributed by atoms with Gasteiger partial charge in [0, 0.05) is 50.2 Å². The maximum Gasteiger partial charge on any atom is 0.272 e. The molecule has 1 aliphatic rings. The zero-order valence-corrected chi connectivity index (χ0v) is 13.9. The van der Waals surface area contributed by atoms with Crippen LogP contribution in [0.5, 0.6) is 0 Å². The molecule has 1 fully saturated rings. The predicted octanol–water partition coefficient (Wildman–Crippen LogP) is 1.88. The highest BCUT2D eigenvalue weighted by atomic mass is 16.5. The van der Waals surface area contributed by atoms with Crippen LogP contribution < -0.4 is 0 Å². The van der Waals surface area contributed by atoms with Crippen molar-refractivity contribution in [2.24, 2.45) is 7.05 Å². The first-order chi connectivity index (χ1) is 12.2. The van der Waals surface area contributed by atoms with E-state index in [9.17, 15) is 4.79 Å². The molecular weight excluding hydrogens is 320 g/mol. The highest BCUT2D eigenvalue weighted by molar-refractivity contribution is 5.92. The molecule has 8 nitrogen and oxygen atoms in total. The van der Waals surface area contributed by atoms with Gasteiger partial charge in [-0.05, 0) is 31.0 Å². The molecule has 8 heteroatoms. The van der Waals surface area contributed by atoms with E-state index in [0.29, 0.717) is 30.5 Å². The number of carbonyl (C=O) groups is 1. The zero-order chi connectivity index (χ0) is 17.2. The normalized spacial score (nSPS) is 15.5. The van der Waals surface area contributed by atoms with E-state index in [2.05, 4.69) is 20.2 Å². The van der Waals surface area contributed by atoms with Gasteiger partial charge in [-0.15, -0.1) is 0 Å². The van der Waals surface area contributed by atoms with Crippen LogP contribution in [0.25, 0.3) is 11.5 Å². The van der Waals surface area contributed by atoms with E-state index in [0.717, 1.165) is 18.4 Å². The second-order valence-corrected chi connectivity index (χ2v) is 6.10. The number of aryl methyl sites for hydroxylation is 1. The fourth-order valence-corrected chi connectivity index (χ4v) is 3.10. The lowest BCUT2D eigenvalue weighted by atomic mass is 9.96. The number of rotatable bonds is 3. The van der Waals surface area contributed by atoms with E-state index in [-0.39, 0.29) is 11.8 Å². The molecular formula is C17H18N6O2. The first-order valence-corrected chi connectivity index (χ1v) is 8.23. The van der Waals surface area contributed by atoms with Crippen molar-refractivity contribution in [3.05, 3.63) is 48.3 Å². The average molecular weight is 338 g/mol. The van der Waals surface area contributed by atoms with Crippen molar-refractivity contribution in [3.63, 3.8) is 0 Å². The van der Waals surface area contributed by atoms with Crippen molar-refractivity contribution in [2.45, 2.75) is 18.8 Å². The van der Waals surface area contributed by atoms with Crippen molar-refractivity contribution in [2.75, 3.05) is 13.1 Å². The number of pyridine rings is 1. The topological polar surface area (TPSA) is 89.9 Å². The first-order valence-electron chi connectivity index (χ1n) is 8.23. The molecule has 0 aromatic carbocycles. The second-order valence-electron chi connectivity index (χ2n) is 6.10. The van der Waals surface area contributed by atoms with E-state index in [1.165, 1.54) is 0 Å². The molecule has 25 heavy (non-hydrogen) atoms. The number of aromatic nitrogens is 5. The minimum absolute atomic E-state index is 0.0176. The van der Waals surface area contributed by atoms with E-state index >= 15 is 0 Å². The SMILES string of the molecule is Cn1nccc1C(=O)N1CCC(c2noc(-c3ccncc3)n2)CC1. The summed E-state index contributed by atoms with van der Waals surface area (Å²) < 4.78 is 6.98. The smallest absolute Gasteiger partial charge is 0.272 e. The Morgan fingerprint density at radius 3 is 2.60 bits per heavy atom. The lowest BCUT2D eigenvalue weighted by Gasteiger charge is -2.30. The molecule has 4 rings (SSSR count). The summed E-state index contributed by atoms with van der Waals surface area (Å²) in [6.07, 6.45) is 6.67. The third-order valence-electron chi connectivity index (χ3n) is 4.56. The van der Waals surface area contributed by atoms with E-state index in [1.807, 2.05) is 17.0 Å². The zero-order valence-electron chi connectivity index (χ0n) is 13.9. The Balaban J connectivity index is 1.42. The Hall–Kier alpha value is -3.03. The number of nitrogens with zero attached hydrogens (tertiary/aromatic N) is 6. The van der Waals surface area contributed by atoms with Crippen LogP contribution in [0.2, 0.25) is 0 Å². The molecule has 0 saturated carbocycles. The molecule has 0 spiro atoms. The summed E-state index contributed by atoms with van der Waals surface area (Å²) in [6.45, 7) is 1.35. The first kappa shape index (κ1) is 15.5. The summed E-state index contributed by atoms with van der Waals surface area (Å²) in [7, 11) is 1.78. The van der Waals surface area contributed by atoms with Gasteiger partial charge in [-0.3, -0.25) is 14.5 Å². The number of amides is 1. The van der Waals surface area contributed by atoms with Crippen molar-refractivity contribution in [1.82, 2.24) is 29.8 Å². The minimum atomic E-state index is 0.0176. The molecule has 0 radical (unpaired) electrons. The van der Waals surface area contributed by atoms with Crippen molar-refractivity contribution >= 4 is 5.91 Å². The van der Waals surface area contributed by atoms with Gasteiger partial charge in [0.25, 0.3) is 11.8 Å². The maximum atomic E-state index is 12.5. The van der Waals surface area contributed by atoms with Gasteiger partial charge in [-0.25, -0.2) is 0 Å². The Morgan fingerprint density at radius 2 is 1.92 bits per heavy atom. The van der Waals surface area contributed by atoms with Crippen molar-refractivity contribution in [1.29, 1.82) is 0 Å². The molecule has 0 atom stereocenters. The average Bonchev–Trinajstić information content (AvgIpc) is 3.31. The quantitative estimate of drug-likeness (QED) is 0.724. The van der Waals surface area contributed by atoms with Crippen LogP contribution in [-0.2, 0) is 7.05 Å². The number of piperidine rings is 1. The molecule has 0 bridgehead atoms. The van der Waals surface area contributed by atoms with Crippen LogP contribution >= 0.6 is 0 Å². The highest BCUT2D eigenvalue weighted by Crippen LogP contribution is 2.28. The summed E-state index contributed by atoms with van der Waals surface area (Å²) in [5, 5.41) is 8.19. The van der Waals surface area contributed by atoms with Crippen molar-refractivity contribution in [3.8, 4) is 11.5 Å². The summed E-state index contributed by atoms with van der Waals surface area (Å²) in [4.78, 5) is 22.9. The van der Waals surface area contributed by atoms with Crippen molar-refractivity contribution < 1.29 is 9.32 Å². The van der Waals surface area contributed by atoms with Gasteiger partial charge in [0.2, 0.25) is 0 Å². The molecule has 3 aromatic heterocycles. The van der Waals surface area contributed by atoms with Crippen LogP contribution in [0.3, 0.4) is 0 Å². The van der Waals surface area contributed by atoms with Gasteiger partial charge in [0.15, 0.2) is 5.82 Å². The Bertz CT molecular complexity index is 864. The molecule has 4 heterocycles. The summed E-state index contributed by atoms with van der Waals surface area (Å²) in [5.74, 6) is 1.43. The number of hydrogen-bond donors (Lipinski definition) is 0. The highest BCUT2D eigenvalue weighted by Gasteiger charge is 2.28. The lowest BCUT2D eigenvalue weighted by molar-refractivity contribution is 0.0699. The fraction of sp³-hybridized carbons (Fsp3) is 0.353. The molecule has 1 saturated heterocycles. The predicted molar refractivity (Wildman–Crippen MR) is 88.6 cm³/mol. The Morgan fingerprint density at radius 1 is 1.16 bits per heavy atom. The van der Waals surface area contributed by atoms with Crippen LogP contribution in [0, 0.1) is 0 Å². The molecule has 3 aromatic rings. The Kier molecular flexibility index (Phi) is 4.01. The Labute approximate surface area is 144 Å². The minimum Gasteiger partial charge on any atom is -0.337 e. The van der Waals surface area contributed by atoms with Crippen LogP contribution in [0.15, 0.2) is 41.3 Å². The summed E-state index contributed by atoms with van der Waals surface area (Å²) >= 11 is 0. The van der Waals surface area contributed by atoms with Gasteiger partial charge in [0.05, 0.1) is 0 Å². The van der Waals surface area contributed by atoms with Gasteiger partial charge >= 0.3 is 0 Å². The standard InChI is InChI=1S/C17H18N6O2/c1-22-14(4-9-19-22)17(24)23-10-5-12(6-11-23)15-20-16(25-21-15)13-2-7-18-8-3-13/h2-4,7-9,12H,5-6,10-11H2,1H3. The molecule has 0 N–H and O–H groups in total. The number of likely N-dealkylation sites (tertiary alicyclic amines) is 1. The number of hydrogen-bond acceptors (Lipinski definition) is 6. The van der Waals surface area contributed by atoms with Gasteiger partial charge in [-0.1, -0.05) is 5.16 Å². The molecule has 1 aliphatic heterocycles. The van der Waals surface area contributed by atoms with Crippen LogP contribution in [-0.4, -0.2) is 48.8 Å². The van der Waals surface area contributed by atoms with Crippen LogP contribution in [0.4, 0.5) is 0 Å². The van der Waals surface area contributed by atoms with Gasteiger partial charge in [0.1, 0.15) is 5.69 Å².